The minimum Gasteiger partial charge on any atom is -0.444 e. The third-order valence-corrected chi connectivity index (χ3v) is 4.90. The first-order chi connectivity index (χ1) is 16.7. The number of nitrogens with zero attached hydrogens (tertiary/aromatic N) is 4. The van der Waals surface area contributed by atoms with Crippen molar-refractivity contribution in [3.8, 4) is 6.07 Å². The molecule has 0 bridgehead atoms. The molecule has 2 aliphatic rings. The van der Waals surface area contributed by atoms with Crippen molar-refractivity contribution in [2.45, 2.75) is 64.8 Å². The summed E-state index contributed by atoms with van der Waals surface area (Å²) in [6.07, 6.45) is -0.941. The fourth-order valence-corrected chi connectivity index (χ4v) is 3.36. The predicted molar refractivity (Wildman–Crippen MR) is 128 cm³/mol. The van der Waals surface area contributed by atoms with E-state index < -0.39 is 29.1 Å². The van der Waals surface area contributed by atoms with Crippen molar-refractivity contribution in [2.24, 2.45) is 0 Å². The minimum absolute atomic E-state index is 0.0473. The van der Waals surface area contributed by atoms with Gasteiger partial charge >= 0.3 is 12.2 Å². The van der Waals surface area contributed by atoms with E-state index in [2.05, 4.69) is 10.2 Å². The van der Waals surface area contributed by atoms with Crippen LogP contribution in [-0.2, 0) is 23.7 Å². The van der Waals surface area contributed by atoms with E-state index in [1.165, 1.54) is 11.0 Å². The van der Waals surface area contributed by atoms with Gasteiger partial charge in [0.05, 0.1) is 32.1 Å². The number of aromatic nitrogens is 2. The lowest BCUT2D eigenvalue weighted by Crippen LogP contribution is -2.53. The molecule has 0 radical (unpaired) electrons. The number of carbonyl (C=O) groups is 3. The summed E-state index contributed by atoms with van der Waals surface area (Å²) in [4.78, 5) is 38.3. The molecule has 2 saturated heterocycles. The molecular formula is C23H36N6O7. The Labute approximate surface area is 210 Å². The maximum Gasteiger partial charge on any atom is 0.411 e. The zero-order valence-electron chi connectivity index (χ0n) is 21.7. The molecule has 13 nitrogen and oxygen atoms in total. The zero-order valence-corrected chi connectivity index (χ0v) is 21.7. The molecule has 0 aliphatic carbocycles. The van der Waals surface area contributed by atoms with Crippen LogP contribution in [0.2, 0.25) is 0 Å². The van der Waals surface area contributed by atoms with E-state index in [1.54, 1.807) is 31.7 Å². The quantitative estimate of drug-likeness (QED) is 0.563. The van der Waals surface area contributed by atoms with Crippen LogP contribution in [0.15, 0.2) is 6.07 Å². The molecule has 0 unspecified atom stereocenters. The second-order valence-corrected chi connectivity index (χ2v) is 10.3. The molecule has 1 aromatic rings. The first-order valence-electron chi connectivity index (χ1n) is 11.6. The lowest BCUT2D eigenvalue weighted by atomic mass is 10.1. The van der Waals surface area contributed by atoms with Gasteiger partial charge in [0.2, 0.25) is 0 Å². The van der Waals surface area contributed by atoms with Crippen molar-refractivity contribution in [1.82, 2.24) is 20.0 Å². The monoisotopic (exact) mass is 508 g/mol. The molecule has 3 heterocycles. The highest BCUT2D eigenvalue weighted by atomic mass is 16.6. The number of Topliss-reactive ketones (excluding diaryl/α,β-unsaturated/α-hetero) is 1. The van der Waals surface area contributed by atoms with E-state index in [0.717, 1.165) is 5.69 Å². The topological polar surface area (TPSA) is 173 Å². The van der Waals surface area contributed by atoms with Gasteiger partial charge in [0.15, 0.2) is 0 Å². The second-order valence-electron chi connectivity index (χ2n) is 10.3. The lowest BCUT2D eigenvalue weighted by Gasteiger charge is -2.35. The van der Waals surface area contributed by atoms with Crippen molar-refractivity contribution in [3.05, 3.63) is 11.8 Å². The standard InChI is InChI=1S/C12H20N4O3.C11H16N2O4/c1-12(2,3)19-11(17)16-4-5-18-7-9(16)8-6-10(13)15-14-8;1-11(2,3)17-10(15)13-4-5-16-7-8(13)9(14)6-12/h6,9H,4-5,7H2,1-3H3,(H3,13,14,15);8H,4-5,7H2,1-3H3/t9-;8-/m00/s1. The van der Waals surface area contributed by atoms with Gasteiger partial charge in [0.25, 0.3) is 5.78 Å². The molecule has 2 atom stereocenters. The number of nitrogens with one attached hydrogen (secondary N) is 1. The third-order valence-electron chi connectivity index (χ3n) is 4.90. The van der Waals surface area contributed by atoms with E-state index in [9.17, 15) is 14.4 Å². The number of ether oxygens (including phenoxy) is 4. The largest absolute Gasteiger partial charge is 0.444 e. The van der Waals surface area contributed by atoms with Gasteiger partial charge in [-0.1, -0.05) is 0 Å². The Morgan fingerprint density at radius 3 is 2.06 bits per heavy atom. The molecule has 0 saturated carbocycles. The Balaban J connectivity index is 0.000000255. The van der Waals surface area contributed by atoms with E-state index >= 15 is 0 Å². The highest BCUT2D eigenvalue weighted by Crippen LogP contribution is 2.25. The van der Waals surface area contributed by atoms with Crippen LogP contribution >= 0.6 is 0 Å². The number of amides is 2. The molecule has 3 N–H and O–H groups in total. The summed E-state index contributed by atoms with van der Waals surface area (Å²) in [6.45, 7) is 12.8. The van der Waals surface area contributed by atoms with Crippen LogP contribution in [0.25, 0.3) is 0 Å². The van der Waals surface area contributed by atoms with Crippen LogP contribution in [-0.4, -0.2) is 94.7 Å². The van der Waals surface area contributed by atoms with Crippen LogP contribution in [0.4, 0.5) is 15.4 Å². The van der Waals surface area contributed by atoms with Gasteiger partial charge in [-0.25, -0.2) is 9.59 Å². The number of H-pyrrole nitrogens is 1. The van der Waals surface area contributed by atoms with E-state index in [1.807, 2.05) is 20.8 Å². The first-order valence-corrected chi connectivity index (χ1v) is 11.6. The summed E-state index contributed by atoms with van der Waals surface area (Å²) in [6, 6.07) is 2.12. The Bertz CT molecular complexity index is 959. The number of nitrogen functional groups attached to an aromatic ring is 1. The number of carbonyl (C=O) groups excluding carboxylic acids is 3. The number of morpholine rings is 2. The molecule has 36 heavy (non-hydrogen) atoms. The van der Waals surface area contributed by atoms with Crippen molar-refractivity contribution < 1.29 is 33.3 Å². The summed E-state index contributed by atoms with van der Waals surface area (Å²) in [5.74, 6) is -0.291. The van der Waals surface area contributed by atoms with Crippen LogP contribution in [0, 0.1) is 11.3 Å². The average molecular weight is 509 g/mol. The maximum absolute atomic E-state index is 12.2. The van der Waals surface area contributed by atoms with Crippen molar-refractivity contribution in [3.63, 3.8) is 0 Å². The number of rotatable bonds is 2. The van der Waals surface area contributed by atoms with Crippen LogP contribution in [0.3, 0.4) is 0 Å². The molecule has 0 spiro atoms. The van der Waals surface area contributed by atoms with E-state index in [0.29, 0.717) is 32.2 Å². The summed E-state index contributed by atoms with van der Waals surface area (Å²) < 4.78 is 21.1. The normalized spacial score (nSPS) is 20.5. The van der Waals surface area contributed by atoms with Crippen LogP contribution in [0.5, 0.6) is 0 Å². The Hall–Kier alpha value is -3.37. The van der Waals surface area contributed by atoms with Crippen molar-refractivity contribution >= 4 is 23.8 Å². The molecule has 2 aliphatic heterocycles. The van der Waals surface area contributed by atoms with Crippen LogP contribution in [0.1, 0.15) is 53.3 Å². The molecular weight excluding hydrogens is 472 g/mol. The summed E-state index contributed by atoms with van der Waals surface area (Å²) >= 11 is 0. The fourth-order valence-electron chi connectivity index (χ4n) is 3.36. The maximum atomic E-state index is 12.2. The Morgan fingerprint density at radius 1 is 1.03 bits per heavy atom. The van der Waals surface area contributed by atoms with E-state index in [-0.39, 0.29) is 25.3 Å². The van der Waals surface area contributed by atoms with Gasteiger partial charge in [0, 0.05) is 19.2 Å². The molecule has 1 aromatic heterocycles. The average Bonchev–Trinajstić information content (AvgIpc) is 3.23. The van der Waals surface area contributed by atoms with Gasteiger partial charge in [-0.05, 0) is 41.5 Å². The SMILES string of the molecule is CC(C)(C)OC(=O)N1CCOC[C@H]1C(=O)C#N.CC(C)(C)OC(=O)N1CCOC[C@H]1c1cc(N)n[nH]1. The smallest absolute Gasteiger partial charge is 0.411 e. The minimum atomic E-state index is -0.858. The molecule has 13 heteroatoms. The second kappa shape index (κ2) is 12.0. The summed E-state index contributed by atoms with van der Waals surface area (Å²) in [5.41, 5.74) is 5.19. The summed E-state index contributed by atoms with van der Waals surface area (Å²) in [5, 5.41) is 15.3. The number of nitrogens with two attached hydrogens (primary N) is 1. The number of aromatic amines is 1. The molecule has 2 amide bonds. The van der Waals surface area contributed by atoms with Gasteiger partial charge < -0.3 is 24.7 Å². The lowest BCUT2D eigenvalue weighted by molar-refractivity contribution is -0.124. The Morgan fingerprint density at radius 2 is 1.56 bits per heavy atom. The highest BCUT2D eigenvalue weighted by Gasteiger charge is 2.35. The number of nitriles is 1. The highest BCUT2D eigenvalue weighted by molar-refractivity contribution is 5.99. The molecule has 3 rings (SSSR count). The first kappa shape index (κ1) is 28.9. The third kappa shape index (κ3) is 8.69. The molecule has 2 fully saturated rings. The predicted octanol–water partition coefficient (Wildman–Crippen LogP) is 2.02. The van der Waals surface area contributed by atoms with Gasteiger partial charge in [0.1, 0.15) is 35.2 Å². The molecule has 0 aromatic carbocycles. The van der Waals surface area contributed by atoms with E-state index in [4.69, 9.17) is 29.9 Å². The van der Waals surface area contributed by atoms with Gasteiger partial charge in [-0.2, -0.15) is 10.4 Å². The number of hydrogen-bond donors (Lipinski definition) is 2. The van der Waals surface area contributed by atoms with Crippen molar-refractivity contribution in [2.75, 3.05) is 45.3 Å². The summed E-state index contributed by atoms with van der Waals surface area (Å²) in [7, 11) is 0. The van der Waals surface area contributed by atoms with Gasteiger partial charge in [-0.15, -0.1) is 0 Å². The molecule has 200 valence electrons. The fraction of sp³-hybridized carbons (Fsp3) is 0.696. The number of anilines is 1. The van der Waals surface area contributed by atoms with Crippen LogP contribution < -0.4 is 5.73 Å². The number of hydrogen-bond acceptors (Lipinski definition) is 10. The Kier molecular flexibility index (Phi) is 9.66. The van der Waals surface area contributed by atoms with Crippen molar-refractivity contribution in [1.29, 1.82) is 5.26 Å². The number of ketones is 1. The van der Waals surface area contributed by atoms with Gasteiger partial charge in [-0.3, -0.25) is 19.7 Å². The zero-order chi connectivity index (χ0) is 27.1.